The monoisotopic (exact) mass is 369 g/mol. The normalized spacial score (nSPS) is 21.7. The Bertz CT molecular complexity index is 835. The van der Waals surface area contributed by atoms with Crippen LogP contribution in [0.1, 0.15) is 53.2 Å². The van der Waals surface area contributed by atoms with E-state index in [1.165, 1.54) is 0 Å². The summed E-state index contributed by atoms with van der Waals surface area (Å²) in [4.78, 5) is 22.2. The van der Waals surface area contributed by atoms with Crippen LogP contribution in [-0.2, 0) is 14.3 Å². The summed E-state index contributed by atoms with van der Waals surface area (Å²) in [5.74, 6) is -0.192. The zero-order valence-corrected chi connectivity index (χ0v) is 16.8. The lowest BCUT2D eigenvalue weighted by Crippen LogP contribution is -2.33. The number of hydrogen-bond acceptors (Lipinski definition) is 6. The van der Waals surface area contributed by atoms with Gasteiger partial charge in [0.25, 0.3) is 0 Å². The zero-order chi connectivity index (χ0) is 19.8. The molecule has 1 aromatic heterocycles. The van der Waals surface area contributed by atoms with Gasteiger partial charge in [0.1, 0.15) is 6.61 Å². The van der Waals surface area contributed by atoms with Crippen LogP contribution in [0.5, 0.6) is 0 Å². The minimum absolute atomic E-state index is 0.211. The van der Waals surface area contributed by atoms with Crippen molar-refractivity contribution in [1.29, 1.82) is 0 Å². The Morgan fingerprint density at radius 3 is 2.59 bits per heavy atom. The second-order valence-electron chi connectivity index (χ2n) is 7.86. The Kier molecular flexibility index (Phi) is 5.09. The molecular formula is C21H27N3O3. The van der Waals surface area contributed by atoms with Gasteiger partial charge in [-0.15, -0.1) is 0 Å². The summed E-state index contributed by atoms with van der Waals surface area (Å²) in [5, 5.41) is 3.31. The third-order valence-corrected chi connectivity index (χ3v) is 4.50. The third kappa shape index (κ3) is 3.89. The van der Waals surface area contributed by atoms with E-state index >= 15 is 0 Å². The molecule has 1 atom stereocenters. The van der Waals surface area contributed by atoms with Gasteiger partial charge in [0.15, 0.2) is 0 Å². The predicted molar refractivity (Wildman–Crippen MR) is 104 cm³/mol. The number of rotatable bonds is 4. The summed E-state index contributed by atoms with van der Waals surface area (Å²) >= 11 is 0. The van der Waals surface area contributed by atoms with E-state index in [1.807, 2.05) is 59.7 Å². The lowest BCUT2D eigenvalue weighted by molar-refractivity contribution is -0.143. The first-order valence-corrected chi connectivity index (χ1v) is 9.23. The number of nitrogens with one attached hydrogen (secondary N) is 1. The fraction of sp³-hybridized carbons (Fsp3) is 0.476. The van der Waals surface area contributed by atoms with Crippen LogP contribution in [0.3, 0.4) is 0 Å². The standard InChI is InChI=1S/C21H27N3O3/c1-12(2)27-20(25)17-14(4)23-13(3)16(19-24-21(5,6)11-26-19)18(17)15-9-7-8-10-22-15/h7-10,12,18,23H,11H2,1-6H3/t18-/m1/s1. The third-order valence-electron chi connectivity index (χ3n) is 4.50. The van der Waals surface area contributed by atoms with Crippen LogP contribution >= 0.6 is 0 Å². The van der Waals surface area contributed by atoms with E-state index in [0.29, 0.717) is 18.1 Å². The molecule has 144 valence electrons. The summed E-state index contributed by atoms with van der Waals surface area (Å²) in [6.45, 7) is 12.1. The number of aromatic nitrogens is 1. The Morgan fingerprint density at radius 2 is 2.04 bits per heavy atom. The van der Waals surface area contributed by atoms with Crippen molar-refractivity contribution in [2.24, 2.45) is 4.99 Å². The fourth-order valence-corrected chi connectivity index (χ4v) is 3.39. The van der Waals surface area contributed by atoms with Crippen molar-refractivity contribution < 1.29 is 14.3 Å². The topological polar surface area (TPSA) is 72.8 Å². The van der Waals surface area contributed by atoms with Gasteiger partial charge in [-0.1, -0.05) is 6.07 Å². The molecule has 0 bridgehead atoms. The lowest BCUT2D eigenvalue weighted by atomic mass is 9.82. The van der Waals surface area contributed by atoms with Gasteiger partial charge in [-0.2, -0.15) is 0 Å². The van der Waals surface area contributed by atoms with Crippen LogP contribution in [0.4, 0.5) is 0 Å². The lowest BCUT2D eigenvalue weighted by Gasteiger charge is -2.30. The van der Waals surface area contributed by atoms with E-state index in [9.17, 15) is 4.79 Å². The summed E-state index contributed by atoms with van der Waals surface area (Å²) in [6, 6.07) is 5.69. The minimum Gasteiger partial charge on any atom is -0.475 e. The molecule has 0 saturated heterocycles. The quantitative estimate of drug-likeness (QED) is 0.823. The summed E-state index contributed by atoms with van der Waals surface area (Å²) < 4.78 is 11.5. The van der Waals surface area contributed by atoms with Gasteiger partial charge in [0.05, 0.1) is 28.8 Å². The molecule has 0 radical (unpaired) electrons. The molecule has 0 saturated carbocycles. The van der Waals surface area contributed by atoms with Crippen molar-refractivity contribution in [1.82, 2.24) is 10.3 Å². The number of dihydropyridines is 1. The molecule has 1 N–H and O–H groups in total. The van der Waals surface area contributed by atoms with Gasteiger partial charge in [0, 0.05) is 23.2 Å². The molecule has 2 aliphatic rings. The molecule has 27 heavy (non-hydrogen) atoms. The molecule has 6 heteroatoms. The van der Waals surface area contributed by atoms with Crippen LogP contribution in [0.2, 0.25) is 0 Å². The number of nitrogens with zero attached hydrogens (tertiary/aromatic N) is 2. The van der Waals surface area contributed by atoms with Gasteiger partial charge >= 0.3 is 5.97 Å². The first-order valence-electron chi connectivity index (χ1n) is 9.23. The molecule has 0 spiro atoms. The zero-order valence-electron chi connectivity index (χ0n) is 16.8. The number of hydrogen-bond donors (Lipinski definition) is 1. The molecule has 0 fully saturated rings. The van der Waals surface area contributed by atoms with E-state index in [1.54, 1.807) is 6.20 Å². The molecule has 3 heterocycles. The number of carbonyl (C=O) groups is 1. The summed E-state index contributed by atoms with van der Waals surface area (Å²) in [5.41, 5.74) is 3.50. The number of esters is 1. The van der Waals surface area contributed by atoms with Gasteiger partial charge in [0.2, 0.25) is 5.90 Å². The Hall–Kier alpha value is -2.63. The van der Waals surface area contributed by atoms with E-state index in [0.717, 1.165) is 22.7 Å². The highest BCUT2D eigenvalue weighted by atomic mass is 16.5. The average molecular weight is 369 g/mol. The van der Waals surface area contributed by atoms with Crippen molar-refractivity contribution >= 4 is 11.9 Å². The van der Waals surface area contributed by atoms with Crippen molar-refractivity contribution in [3.05, 3.63) is 52.6 Å². The smallest absolute Gasteiger partial charge is 0.337 e. The van der Waals surface area contributed by atoms with Crippen molar-refractivity contribution in [3.8, 4) is 0 Å². The van der Waals surface area contributed by atoms with Gasteiger partial charge in [-0.05, 0) is 53.7 Å². The minimum atomic E-state index is -0.397. The number of pyridine rings is 1. The van der Waals surface area contributed by atoms with Crippen LogP contribution in [0, 0.1) is 0 Å². The first kappa shape index (κ1) is 19.1. The molecule has 0 aromatic carbocycles. The van der Waals surface area contributed by atoms with Crippen molar-refractivity contribution in [2.75, 3.05) is 6.61 Å². The maximum atomic E-state index is 12.9. The van der Waals surface area contributed by atoms with Crippen molar-refractivity contribution in [3.63, 3.8) is 0 Å². The predicted octanol–water partition coefficient (Wildman–Crippen LogP) is 3.48. The highest BCUT2D eigenvalue weighted by Gasteiger charge is 2.40. The second kappa shape index (κ2) is 7.18. The highest BCUT2D eigenvalue weighted by molar-refractivity contribution is 6.02. The van der Waals surface area contributed by atoms with E-state index in [-0.39, 0.29) is 17.6 Å². The Morgan fingerprint density at radius 1 is 1.30 bits per heavy atom. The molecule has 6 nitrogen and oxygen atoms in total. The number of aliphatic imine (C=N–C) groups is 1. The Labute approximate surface area is 160 Å². The van der Waals surface area contributed by atoms with Gasteiger partial charge in [-0.3, -0.25) is 4.98 Å². The fourth-order valence-electron chi connectivity index (χ4n) is 3.39. The van der Waals surface area contributed by atoms with Crippen LogP contribution in [-0.4, -0.2) is 35.1 Å². The van der Waals surface area contributed by atoms with Gasteiger partial charge in [-0.25, -0.2) is 9.79 Å². The second-order valence-corrected chi connectivity index (χ2v) is 7.86. The Balaban J connectivity index is 2.14. The van der Waals surface area contributed by atoms with E-state index in [2.05, 4.69) is 10.3 Å². The van der Waals surface area contributed by atoms with Crippen LogP contribution in [0.15, 0.2) is 51.9 Å². The maximum absolute atomic E-state index is 12.9. The molecule has 2 aliphatic heterocycles. The summed E-state index contributed by atoms with van der Waals surface area (Å²) in [6.07, 6.45) is 1.52. The summed E-state index contributed by atoms with van der Waals surface area (Å²) in [7, 11) is 0. The SMILES string of the molecule is CC1=C(C(=O)OC(C)C)[C@H](c2ccccn2)C(C2=NC(C)(C)CO2)=C(C)N1. The molecule has 3 rings (SSSR count). The average Bonchev–Trinajstić information content (AvgIpc) is 2.93. The largest absolute Gasteiger partial charge is 0.475 e. The van der Waals surface area contributed by atoms with E-state index in [4.69, 9.17) is 14.5 Å². The van der Waals surface area contributed by atoms with Crippen LogP contribution in [0.25, 0.3) is 0 Å². The number of allylic oxidation sites excluding steroid dienone is 2. The molecule has 0 aliphatic carbocycles. The molecular weight excluding hydrogens is 342 g/mol. The molecule has 1 aromatic rings. The van der Waals surface area contributed by atoms with Crippen LogP contribution < -0.4 is 5.32 Å². The van der Waals surface area contributed by atoms with E-state index < -0.39 is 5.92 Å². The van der Waals surface area contributed by atoms with Crippen molar-refractivity contribution in [2.45, 2.75) is 59.1 Å². The van der Waals surface area contributed by atoms with Gasteiger partial charge < -0.3 is 14.8 Å². The first-order chi connectivity index (χ1) is 12.7. The maximum Gasteiger partial charge on any atom is 0.337 e. The molecule has 0 unspecified atom stereocenters. The number of ether oxygens (including phenoxy) is 2. The highest BCUT2D eigenvalue weighted by Crippen LogP contribution is 2.40. The molecule has 0 amide bonds. The number of carbonyl (C=O) groups excluding carboxylic acids is 1.